The molecule has 186 valence electrons. The van der Waals surface area contributed by atoms with Crippen molar-refractivity contribution in [2.24, 2.45) is 17.8 Å². The zero-order chi connectivity index (χ0) is 25.1. The second kappa shape index (κ2) is 8.58. The highest BCUT2D eigenvalue weighted by Crippen LogP contribution is 2.47. The number of hydrogen-bond donors (Lipinski definition) is 3. The predicted octanol–water partition coefficient (Wildman–Crippen LogP) is 5.74. The number of nitrogens with zero attached hydrogens (tertiary/aromatic N) is 4. The van der Waals surface area contributed by atoms with Crippen LogP contribution < -0.4 is 5.32 Å². The molecule has 1 aromatic carbocycles. The first kappa shape index (κ1) is 22.3. The minimum Gasteiger partial charge on any atom is -0.481 e. The number of rotatable bonds is 5. The van der Waals surface area contributed by atoms with E-state index < -0.39 is 17.7 Å². The van der Waals surface area contributed by atoms with Crippen LogP contribution in [-0.2, 0) is 4.79 Å². The third-order valence-electron chi connectivity index (χ3n) is 7.87. The molecule has 10 heteroatoms. The van der Waals surface area contributed by atoms with Crippen molar-refractivity contribution < 1.29 is 14.3 Å². The second-order valence-corrected chi connectivity index (χ2v) is 11.0. The Bertz CT molecular complexity index is 1620. The number of aromatic amines is 1. The Hall–Kier alpha value is -3.92. The van der Waals surface area contributed by atoms with E-state index in [0.717, 1.165) is 35.8 Å². The summed E-state index contributed by atoms with van der Waals surface area (Å²) >= 11 is 1.46. The maximum absolute atomic E-state index is 16.2. The molecule has 3 fully saturated rings. The van der Waals surface area contributed by atoms with Gasteiger partial charge in [-0.25, -0.2) is 19.3 Å². The van der Waals surface area contributed by atoms with Gasteiger partial charge in [0.05, 0.1) is 16.4 Å². The molecule has 0 spiro atoms. The van der Waals surface area contributed by atoms with Crippen molar-refractivity contribution >= 4 is 44.4 Å². The van der Waals surface area contributed by atoms with Crippen LogP contribution in [0.25, 0.3) is 43.2 Å². The van der Waals surface area contributed by atoms with E-state index in [9.17, 15) is 9.90 Å². The summed E-state index contributed by atoms with van der Waals surface area (Å²) in [5.41, 5.74) is 1.95. The summed E-state index contributed by atoms with van der Waals surface area (Å²) < 4.78 is 17.2. The molecule has 2 atom stereocenters. The van der Waals surface area contributed by atoms with Gasteiger partial charge < -0.3 is 15.4 Å². The Kier molecular flexibility index (Phi) is 5.17. The molecule has 5 aromatic rings. The van der Waals surface area contributed by atoms with Crippen LogP contribution in [0.2, 0.25) is 0 Å². The second-order valence-electron chi connectivity index (χ2n) is 9.87. The minimum absolute atomic E-state index is 0.0273. The molecule has 4 heterocycles. The lowest BCUT2D eigenvalue weighted by molar-refractivity contribution is -0.148. The number of carboxylic acids is 1. The number of nitrogens with one attached hydrogen (secondary N) is 2. The van der Waals surface area contributed by atoms with Crippen molar-refractivity contribution in [3.05, 3.63) is 54.7 Å². The van der Waals surface area contributed by atoms with Crippen LogP contribution in [-0.4, -0.2) is 42.0 Å². The monoisotopic (exact) mass is 514 g/mol. The lowest BCUT2D eigenvalue weighted by Gasteiger charge is -2.47. The van der Waals surface area contributed by atoms with E-state index in [2.05, 4.69) is 30.2 Å². The summed E-state index contributed by atoms with van der Waals surface area (Å²) in [6.07, 6.45) is 8.58. The topological polar surface area (TPSA) is 117 Å². The summed E-state index contributed by atoms with van der Waals surface area (Å²) in [7, 11) is 0. The predicted molar refractivity (Wildman–Crippen MR) is 140 cm³/mol. The average Bonchev–Trinajstić information content (AvgIpc) is 3.55. The molecule has 2 bridgehead atoms. The number of aromatic nitrogens is 5. The van der Waals surface area contributed by atoms with E-state index in [1.165, 1.54) is 11.3 Å². The van der Waals surface area contributed by atoms with Crippen molar-refractivity contribution in [2.75, 3.05) is 5.32 Å². The fraction of sp³-hybridized carbons (Fsp3) is 0.296. The molecule has 8 rings (SSSR count). The highest BCUT2D eigenvalue weighted by molar-refractivity contribution is 7.22. The van der Waals surface area contributed by atoms with Gasteiger partial charge in [0.2, 0.25) is 0 Å². The smallest absolute Gasteiger partial charge is 0.308 e. The molecule has 3 saturated carbocycles. The normalized spacial score (nSPS) is 23.1. The fourth-order valence-corrected chi connectivity index (χ4v) is 7.16. The third kappa shape index (κ3) is 3.66. The molecule has 0 radical (unpaired) electrons. The van der Waals surface area contributed by atoms with Gasteiger partial charge in [-0.05, 0) is 55.0 Å². The summed E-state index contributed by atoms with van der Waals surface area (Å²) in [5.74, 6) is -1.40. The van der Waals surface area contributed by atoms with E-state index in [-0.39, 0.29) is 29.4 Å². The molecule has 4 aromatic heterocycles. The van der Waals surface area contributed by atoms with Crippen molar-refractivity contribution in [3.63, 3.8) is 0 Å². The van der Waals surface area contributed by atoms with Gasteiger partial charge in [-0.1, -0.05) is 18.2 Å². The van der Waals surface area contributed by atoms with Gasteiger partial charge >= 0.3 is 5.97 Å². The van der Waals surface area contributed by atoms with Gasteiger partial charge in [0.25, 0.3) is 0 Å². The fourth-order valence-electron chi connectivity index (χ4n) is 6.12. The number of halogens is 1. The molecule has 8 nitrogen and oxygen atoms in total. The lowest BCUT2D eigenvalue weighted by atomic mass is 9.61. The first-order chi connectivity index (χ1) is 18.1. The van der Waals surface area contributed by atoms with Crippen LogP contribution in [0.3, 0.4) is 0 Å². The Morgan fingerprint density at radius 3 is 2.68 bits per heavy atom. The average molecular weight is 515 g/mol. The highest BCUT2D eigenvalue weighted by atomic mass is 32.1. The van der Waals surface area contributed by atoms with Gasteiger partial charge in [0, 0.05) is 29.3 Å². The summed E-state index contributed by atoms with van der Waals surface area (Å²) in [6, 6.07) is 9.42. The Labute approximate surface area is 215 Å². The number of carbonyl (C=O) groups is 1. The van der Waals surface area contributed by atoms with Gasteiger partial charge in [0.1, 0.15) is 11.2 Å². The maximum atomic E-state index is 16.2. The first-order valence-corrected chi connectivity index (χ1v) is 13.2. The van der Waals surface area contributed by atoms with E-state index in [1.54, 1.807) is 18.6 Å². The standard InChI is InChI=1S/C27H23FN6O2S/c28-20-23(18-11-15-3-1-2-4-17(15)37-18)33-24(16-12-31-26-22(16)29-9-10-30-26)34-25(20)32-21-14-7-5-13(6-8-14)19(21)27(35)36/h1-4,9-14,19,21H,5-8H2,(H,30,31)(H,35,36)(H,32,33,34)/t13?,14?,19-,21-/m0/s1. The zero-order valence-electron chi connectivity index (χ0n) is 19.7. The van der Waals surface area contributed by atoms with Crippen molar-refractivity contribution in [1.82, 2.24) is 24.9 Å². The number of benzene rings is 1. The SMILES string of the molecule is O=C(O)[C@H]1C2CCC(CC2)[C@@H]1Nc1nc(-c2c[nH]c3nccnc23)nc(-c2cc3ccccc3s2)c1F. The van der Waals surface area contributed by atoms with Gasteiger partial charge in [0.15, 0.2) is 23.1 Å². The molecule has 3 aliphatic rings. The summed E-state index contributed by atoms with van der Waals surface area (Å²) in [6.45, 7) is 0. The number of aliphatic carboxylic acids is 1. The quantitative estimate of drug-likeness (QED) is 0.274. The molecular formula is C27H23FN6O2S. The number of fused-ring (bicyclic) bond motifs is 5. The Morgan fingerprint density at radius 1 is 1.08 bits per heavy atom. The van der Waals surface area contributed by atoms with Crippen molar-refractivity contribution in [1.29, 1.82) is 0 Å². The van der Waals surface area contributed by atoms with E-state index in [1.807, 2.05) is 30.3 Å². The van der Waals surface area contributed by atoms with Crippen LogP contribution >= 0.6 is 11.3 Å². The van der Waals surface area contributed by atoms with Gasteiger partial charge in [-0.3, -0.25) is 9.78 Å². The van der Waals surface area contributed by atoms with Gasteiger partial charge in [-0.2, -0.15) is 0 Å². The van der Waals surface area contributed by atoms with Gasteiger partial charge in [-0.15, -0.1) is 11.3 Å². The molecule has 0 amide bonds. The van der Waals surface area contributed by atoms with Crippen LogP contribution in [0, 0.1) is 23.6 Å². The number of anilines is 1. The lowest BCUT2D eigenvalue weighted by Crippen LogP contribution is -2.51. The third-order valence-corrected chi connectivity index (χ3v) is 8.99. The molecule has 0 saturated heterocycles. The largest absolute Gasteiger partial charge is 0.481 e. The summed E-state index contributed by atoms with van der Waals surface area (Å²) in [5, 5.41) is 14.3. The zero-order valence-corrected chi connectivity index (χ0v) is 20.5. The van der Waals surface area contributed by atoms with E-state index >= 15 is 4.39 Å². The molecule has 0 unspecified atom stereocenters. The number of thiophene rings is 1. The van der Waals surface area contributed by atoms with Crippen molar-refractivity contribution in [3.8, 4) is 22.0 Å². The van der Waals surface area contributed by atoms with Crippen LogP contribution in [0.4, 0.5) is 10.2 Å². The maximum Gasteiger partial charge on any atom is 0.308 e. The van der Waals surface area contributed by atoms with E-state index in [4.69, 9.17) is 0 Å². The van der Waals surface area contributed by atoms with Crippen LogP contribution in [0.1, 0.15) is 25.7 Å². The first-order valence-electron chi connectivity index (χ1n) is 12.4. The number of carboxylic acid groups (broad SMARTS) is 1. The summed E-state index contributed by atoms with van der Waals surface area (Å²) in [4.78, 5) is 34.0. The Morgan fingerprint density at radius 2 is 1.86 bits per heavy atom. The van der Waals surface area contributed by atoms with Crippen molar-refractivity contribution in [2.45, 2.75) is 31.7 Å². The highest BCUT2D eigenvalue weighted by Gasteiger charge is 2.47. The molecule has 3 N–H and O–H groups in total. The molecule has 0 aliphatic heterocycles. The van der Waals surface area contributed by atoms with E-state index in [0.29, 0.717) is 27.4 Å². The molecular weight excluding hydrogens is 491 g/mol. The Balaban J connectivity index is 1.39. The minimum atomic E-state index is -0.835. The number of hydrogen-bond acceptors (Lipinski definition) is 7. The van der Waals surface area contributed by atoms with Crippen LogP contribution in [0.15, 0.2) is 48.9 Å². The van der Waals surface area contributed by atoms with Crippen LogP contribution in [0.5, 0.6) is 0 Å². The molecule has 3 aliphatic carbocycles. The number of H-pyrrole nitrogens is 1. The molecule has 37 heavy (non-hydrogen) atoms.